The summed E-state index contributed by atoms with van der Waals surface area (Å²) in [5.74, 6) is -0.626. The molecular weight excluding hydrogens is 384 g/mol. The molecule has 0 bridgehead atoms. The topological polar surface area (TPSA) is 99.1 Å². The molecule has 8 heteroatoms. The Morgan fingerprint density at radius 3 is 2.39 bits per heavy atom. The van der Waals surface area contributed by atoms with Crippen molar-refractivity contribution in [3.63, 3.8) is 0 Å². The highest BCUT2D eigenvalue weighted by Crippen LogP contribution is 2.28. The Morgan fingerprint density at radius 1 is 1.11 bits per heavy atom. The summed E-state index contributed by atoms with van der Waals surface area (Å²) in [4.78, 5) is 12.4. The van der Waals surface area contributed by atoms with Gasteiger partial charge < -0.3 is 14.6 Å². The molecule has 1 saturated heterocycles. The maximum absolute atomic E-state index is 12.6. The highest BCUT2D eigenvalue weighted by Gasteiger charge is 2.42. The predicted octanol–water partition coefficient (Wildman–Crippen LogP) is 2.42. The van der Waals surface area contributed by atoms with Crippen LogP contribution in [0.3, 0.4) is 0 Å². The van der Waals surface area contributed by atoms with Crippen LogP contribution < -0.4 is 0 Å². The Bertz CT molecular complexity index is 909. The minimum absolute atomic E-state index is 0.0140. The van der Waals surface area contributed by atoms with Crippen LogP contribution in [0.25, 0.3) is 0 Å². The van der Waals surface area contributed by atoms with Crippen LogP contribution in [0.15, 0.2) is 59.5 Å². The summed E-state index contributed by atoms with van der Waals surface area (Å²) in [5, 5.41) is 9.89. The van der Waals surface area contributed by atoms with Gasteiger partial charge in [0.2, 0.25) is 0 Å². The van der Waals surface area contributed by atoms with Crippen LogP contribution in [0.4, 0.5) is 0 Å². The molecule has 1 heterocycles. The van der Waals surface area contributed by atoms with Gasteiger partial charge in [-0.15, -0.1) is 0 Å². The average Bonchev–Trinajstić information content (AvgIpc) is 2.65. The normalized spacial score (nSPS) is 25.2. The van der Waals surface area contributed by atoms with E-state index in [4.69, 9.17) is 13.7 Å². The van der Waals surface area contributed by atoms with Crippen LogP contribution in [0.1, 0.15) is 29.3 Å². The number of aliphatic hydroxyl groups excluding tert-OH is 1. The summed E-state index contributed by atoms with van der Waals surface area (Å²) in [6, 6.07) is 14.5. The number of benzene rings is 2. The first-order valence-electron chi connectivity index (χ1n) is 8.86. The number of aryl methyl sites for hydroxylation is 1. The van der Waals surface area contributed by atoms with E-state index in [2.05, 4.69) is 0 Å². The largest absolute Gasteiger partial charge is 0.453 e. The molecule has 2 aromatic carbocycles. The fraction of sp³-hybridized carbons (Fsp3) is 0.350. The van der Waals surface area contributed by atoms with Crippen molar-refractivity contribution in [3.05, 3.63) is 65.7 Å². The summed E-state index contributed by atoms with van der Waals surface area (Å²) in [6.07, 6.45) is -4.22. The lowest BCUT2D eigenvalue weighted by Crippen LogP contribution is -2.50. The molecule has 0 spiro atoms. The van der Waals surface area contributed by atoms with Gasteiger partial charge >= 0.3 is 5.97 Å². The molecule has 150 valence electrons. The third-order valence-electron chi connectivity index (χ3n) is 4.45. The highest BCUT2D eigenvalue weighted by atomic mass is 32.2. The Kier molecular flexibility index (Phi) is 6.14. The van der Waals surface area contributed by atoms with Crippen LogP contribution in [-0.4, -0.2) is 44.1 Å². The lowest BCUT2D eigenvalue weighted by molar-refractivity contribution is -0.221. The van der Waals surface area contributed by atoms with E-state index >= 15 is 0 Å². The number of carbonyl (C=O) groups is 1. The summed E-state index contributed by atoms with van der Waals surface area (Å²) in [5.41, 5.74) is 1.23. The third kappa shape index (κ3) is 4.77. The molecular formula is C20H22O7S. The van der Waals surface area contributed by atoms with E-state index in [1.165, 1.54) is 12.1 Å². The van der Waals surface area contributed by atoms with Gasteiger partial charge in [-0.3, -0.25) is 4.18 Å². The van der Waals surface area contributed by atoms with E-state index in [9.17, 15) is 18.3 Å². The van der Waals surface area contributed by atoms with Crippen molar-refractivity contribution < 1.29 is 32.0 Å². The minimum Gasteiger partial charge on any atom is -0.453 e. The Labute approximate surface area is 164 Å². The molecule has 0 aromatic heterocycles. The molecule has 1 fully saturated rings. The summed E-state index contributed by atoms with van der Waals surface area (Å²) < 4.78 is 41.4. The SMILES string of the molecule is Cc1ccc(S(=O)(=O)OC2CC(O)OC(C)C2OC(=O)c2ccccc2)cc1. The minimum atomic E-state index is -4.11. The number of esters is 1. The maximum Gasteiger partial charge on any atom is 0.338 e. The molecule has 1 aliphatic rings. The lowest BCUT2D eigenvalue weighted by Gasteiger charge is -2.37. The number of rotatable bonds is 5. The van der Waals surface area contributed by atoms with Crippen LogP contribution in [0.5, 0.6) is 0 Å². The molecule has 7 nitrogen and oxygen atoms in total. The standard InChI is InChI=1S/C20H22O7S/c1-13-8-10-16(11-9-13)28(23,24)27-17-12-18(21)25-14(2)19(17)26-20(22)15-6-4-3-5-7-15/h3-11,14,17-19,21H,12H2,1-2H3. The number of ether oxygens (including phenoxy) is 2. The van der Waals surface area contributed by atoms with Crippen LogP contribution in [-0.2, 0) is 23.8 Å². The van der Waals surface area contributed by atoms with Gasteiger partial charge in [-0.1, -0.05) is 35.9 Å². The quantitative estimate of drug-likeness (QED) is 0.601. The number of hydrogen-bond donors (Lipinski definition) is 1. The van der Waals surface area contributed by atoms with Crippen LogP contribution in [0.2, 0.25) is 0 Å². The van der Waals surface area contributed by atoms with Crippen LogP contribution in [0, 0.1) is 6.92 Å². The van der Waals surface area contributed by atoms with Gasteiger partial charge in [-0.05, 0) is 38.1 Å². The van der Waals surface area contributed by atoms with Crippen molar-refractivity contribution in [3.8, 4) is 0 Å². The molecule has 3 rings (SSSR count). The maximum atomic E-state index is 12.6. The Balaban J connectivity index is 1.81. The average molecular weight is 406 g/mol. The third-order valence-corrected chi connectivity index (χ3v) is 5.80. The molecule has 4 unspecified atom stereocenters. The fourth-order valence-corrected chi connectivity index (χ4v) is 4.06. The Hall–Kier alpha value is -2.26. The van der Waals surface area contributed by atoms with Gasteiger partial charge in [0.15, 0.2) is 12.4 Å². The zero-order valence-electron chi connectivity index (χ0n) is 15.5. The summed E-state index contributed by atoms with van der Waals surface area (Å²) >= 11 is 0. The molecule has 0 saturated carbocycles. The van der Waals surface area contributed by atoms with Crippen molar-refractivity contribution in [2.75, 3.05) is 0 Å². The van der Waals surface area contributed by atoms with E-state index in [-0.39, 0.29) is 11.3 Å². The van der Waals surface area contributed by atoms with Crippen LogP contribution >= 0.6 is 0 Å². The smallest absolute Gasteiger partial charge is 0.338 e. The van der Waals surface area contributed by atoms with Crippen molar-refractivity contribution >= 4 is 16.1 Å². The molecule has 1 aliphatic heterocycles. The fourth-order valence-electron chi connectivity index (χ4n) is 2.97. The van der Waals surface area contributed by atoms with E-state index in [1.807, 2.05) is 6.92 Å². The molecule has 0 radical (unpaired) electrons. The molecule has 1 N–H and O–H groups in total. The molecule has 0 amide bonds. The molecule has 4 atom stereocenters. The van der Waals surface area contributed by atoms with Crippen molar-refractivity contribution in [1.82, 2.24) is 0 Å². The number of hydrogen-bond acceptors (Lipinski definition) is 7. The Morgan fingerprint density at radius 2 is 1.75 bits per heavy atom. The van der Waals surface area contributed by atoms with Gasteiger partial charge in [-0.2, -0.15) is 8.42 Å². The van der Waals surface area contributed by atoms with Gasteiger partial charge in [-0.25, -0.2) is 4.79 Å². The second kappa shape index (κ2) is 8.40. The first-order valence-corrected chi connectivity index (χ1v) is 10.3. The zero-order chi connectivity index (χ0) is 20.3. The first-order chi connectivity index (χ1) is 13.3. The number of carbonyl (C=O) groups excluding carboxylic acids is 1. The van der Waals surface area contributed by atoms with Gasteiger partial charge in [0, 0.05) is 6.42 Å². The molecule has 28 heavy (non-hydrogen) atoms. The van der Waals surface area contributed by atoms with Gasteiger partial charge in [0.25, 0.3) is 10.1 Å². The van der Waals surface area contributed by atoms with Gasteiger partial charge in [0.05, 0.1) is 16.6 Å². The lowest BCUT2D eigenvalue weighted by atomic mass is 10.0. The predicted molar refractivity (Wildman–Crippen MR) is 100 cm³/mol. The van der Waals surface area contributed by atoms with Crippen molar-refractivity contribution in [2.24, 2.45) is 0 Å². The second-order valence-electron chi connectivity index (χ2n) is 6.67. The van der Waals surface area contributed by atoms with E-state index in [0.29, 0.717) is 5.56 Å². The van der Waals surface area contributed by atoms with E-state index in [0.717, 1.165) is 5.56 Å². The van der Waals surface area contributed by atoms with Gasteiger partial charge in [0.1, 0.15) is 6.10 Å². The van der Waals surface area contributed by atoms with Crippen molar-refractivity contribution in [2.45, 2.75) is 49.8 Å². The summed E-state index contributed by atoms with van der Waals surface area (Å²) in [6.45, 7) is 3.42. The van der Waals surface area contributed by atoms with E-state index in [1.54, 1.807) is 49.4 Å². The first kappa shape index (κ1) is 20.5. The highest BCUT2D eigenvalue weighted by molar-refractivity contribution is 7.86. The molecule has 2 aromatic rings. The summed E-state index contributed by atoms with van der Waals surface area (Å²) in [7, 11) is -4.11. The second-order valence-corrected chi connectivity index (χ2v) is 8.24. The monoisotopic (exact) mass is 406 g/mol. The van der Waals surface area contributed by atoms with Crippen molar-refractivity contribution in [1.29, 1.82) is 0 Å². The number of aliphatic hydroxyl groups is 1. The molecule has 0 aliphatic carbocycles. The zero-order valence-corrected chi connectivity index (χ0v) is 16.3. The van der Waals surface area contributed by atoms with E-state index < -0.39 is 40.7 Å².